The molecule has 3 heteroatoms. The Hall–Kier alpha value is -1.38. The summed E-state index contributed by atoms with van der Waals surface area (Å²) in [5, 5.41) is 9.55. The van der Waals surface area contributed by atoms with Gasteiger partial charge < -0.3 is 0 Å². The van der Waals surface area contributed by atoms with E-state index >= 15 is 0 Å². The second kappa shape index (κ2) is 3.85. The Morgan fingerprint density at radius 2 is 1.67 bits per heavy atom. The van der Waals surface area contributed by atoms with Gasteiger partial charge in [-0.1, -0.05) is 22.9 Å². The van der Waals surface area contributed by atoms with Crippen LogP contribution in [0.4, 0.5) is 5.69 Å². The van der Waals surface area contributed by atoms with Crippen LogP contribution >= 0.6 is 0 Å². The summed E-state index contributed by atoms with van der Waals surface area (Å²) < 4.78 is 0. The van der Waals surface area contributed by atoms with Crippen molar-refractivity contribution in [2.45, 2.75) is 6.92 Å². The maximum atomic E-state index is 4.00. The summed E-state index contributed by atoms with van der Waals surface area (Å²) in [7, 11) is 3.69. The van der Waals surface area contributed by atoms with E-state index in [2.05, 4.69) is 10.3 Å². The lowest BCUT2D eigenvalue weighted by atomic mass is 10.2. The van der Waals surface area contributed by atoms with Crippen molar-refractivity contribution in [1.82, 2.24) is 5.01 Å². The number of hydrogen-bond donors (Lipinski definition) is 0. The first-order valence-corrected chi connectivity index (χ1v) is 3.84. The first-order chi connectivity index (χ1) is 5.68. The average Bonchev–Trinajstić information content (AvgIpc) is 2.03. The molecule has 0 radical (unpaired) electrons. The molecule has 0 bridgehead atoms. The van der Waals surface area contributed by atoms with Crippen LogP contribution in [0.25, 0.3) is 0 Å². The standard InChI is InChI=1S/C9H13N3/c1-8-4-6-9(7-5-8)10-11-12(2)3/h4-7H,1-3H3. The molecule has 0 fully saturated rings. The first kappa shape index (κ1) is 8.71. The maximum Gasteiger partial charge on any atom is 0.0874 e. The third-order valence-corrected chi connectivity index (χ3v) is 1.37. The summed E-state index contributed by atoms with van der Waals surface area (Å²) in [6, 6.07) is 7.93. The van der Waals surface area contributed by atoms with Gasteiger partial charge in [-0.05, 0) is 19.1 Å². The van der Waals surface area contributed by atoms with E-state index < -0.39 is 0 Å². The van der Waals surface area contributed by atoms with Gasteiger partial charge in [0.15, 0.2) is 0 Å². The Labute approximate surface area is 72.7 Å². The van der Waals surface area contributed by atoms with E-state index in [1.165, 1.54) is 5.56 Å². The zero-order valence-electron chi connectivity index (χ0n) is 7.65. The monoisotopic (exact) mass is 163 g/mol. The topological polar surface area (TPSA) is 28.0 Å². The zero-order valence-corrected chi connectivity index (χ0v) is 7.65. The highest BCUT2D eigenvalue weighted by Gasteiger charge is 1.87. The van der Waals surface area contributed by atoms with Crippen molar-refractivity contribution in [3.8, 4) is 0 Å². The van der Waals surface area contributed by atoms with Gasteiger partial charge in [-0.15, -0.1) is 5.11 Å². The van der Waals surface area contributed by atoms with Crippen LogP contribution in [0.5, 0.6) is 0 Å². The van der Waals surface area contributed by atoms with Gasteiger partial charge in [-0.25, -0.2) is 0 Å². The van der Waals surface area contributed by atoms with Crippen LogP contribution in [0, 0.1) is 6.92 Å². The number of aryl methyl sites for hydroxylation is 1. The Morgan fingerprint density at radius 3 is 2.17 bits per heavy atom. The minimum Gasteiger partial charge on any atom is -0.285 e. The largest absolute Gasteiger partial charge is 0.285 e. The fraction of sp³-hybridized carbons (Fsp3) is 0.333. The highest BCUT2D eigenvalue weighted by Crippen LogP contribution is 2.12. The molecule has 0 saturated carbocycles. The Morgan fingerprint density at radius 1 is 1.08 bits per heavy atom. The van der Waals surface area contributed by atoms with Crippen LogP contribution in [0.15, 0.2) is 34.6 Å². The molecule has 1 aromatic rings. The van der Waals surface area contributed by atoms with E-state index in [4.69, 9.17) is 0 Å². The van der Waals surface area contributed by atoms with Crippen molar-refractivity contribution in [2.75, 3.05) is 14.1 Å². The lowest BCUT2D eigenvalue weighted by molar-refractivity contribution is 0.408. The predicted octanol–water partition coefficient (Wildman–Crippen LogP) is 2.56. The Bertz CT molecular complexity index is 262. The molecule has 0 aliphatic rings. The van der Waals surface area contributed by atoms with Crippen molar-refractivity contribution in [2.24, 2.45) is 10.3 Å². The third kappa shape index (κ3) is 2.70. The molecule has 0 aliphatic carbocycles. The molecule has 0 N–H and O–H groups in total. The Balaban J connectivity index is 2.71. The molecule has 0 unspecified atom stereocenters. The van der Waals surface area contributed by atoms with E-state index in [0.29, 0.717) is 0 Å². The van der Waals surface area contributed by atoms with Crippen molar-refractivity contribution >= 4 is 5.69 Å². The van der Waals surface area contributed by atoms with Crippen LogP contribution in [0.3, 0.4) is 0 Å². The predicted molar refractivity (Wildman–Crippen MR) is 49.4 cm³/mol. The fourth-order valence-corrected chi connectivity index (χ4v) is 0.753. The van der Waals surface area contributed by atoms with E-state index in [9.17, 15) is 0 Å². The average molecular weight is 163 g/mol. The number of benzene rings is 1. The number of nitrogens with zero attached hydrogens (tertiary/aromatic N) is 3. The molecule has 0 saturated heterocycles. The van der Waals surface area contributed by atoms with E-state index in [-0.39, 0.29) is 0 Å². The first-order valence-electron chi connectivity index (χ1n) is 3.84. The molecule has 0 atom stereocenters. The van der Waals surface area contributed by atoms with Crippen molar-refractivity contribution < 1.29 is 0 Å². The van der Waals surface area contributed by atoms with E-state index in [1.54, 1.807) is 5.01 Å². The van der Waals surface area contributed by atoms with E-state index in [1.807, 2.05) is 45.3 Å². The van der Waals surface area contributed by atoms with Crippen LogP contribution in [-0.4, -0.2) is 19.1 Å². The second-order valence-corrected chi connectivity index (χ2v) is 2.87. The summed E-state index contributed by atoms with van der Waals surface area (Å²) in [5.74, 6) is 0. The minimum atomic E-state index is 0.884. The van der Waals surface area contributed by atoms with Gasteiger partial charge >= 0.3 is 0 Å². The molecule has 0 spiro atoms. The molecule has 0 heterocycles. The molecule has 3 nitrogen and oxygen atoms in total. The minimum absolute atomic E-state index is 0.884. The summed E-state index contributed by atoms with van der Waals surface area (Å²) in [6.45, 7) is 2.05. The highest BCUT2D eigenvalue weighted by atomic mass is 15.5. The van der Waals surface area contributed by atoms with Gasteiger partial charge in [0.2, 0.25) is 0 Å². The van der Waals surface area contributed by atoms with Crippen molar-refractivity contribution in [3.05, 3.63) is 29.8 Å². The SMILES string of the molecule is Cc1ccc(N=NN(C)C)cc1. The molecule has 0 aliphatic heterocycles. The van der Waals surface area contributed by atoms with Gasteiger partial charge in [0, 0.05) is 14.1 Å². The van der Waals surface area contributed by atoms with Crippen molar-refractivity contribution in [1.29, 1.82) is 0 Å². The molecule has 0 aromatic heterocycles. The normalized spacial score (nSPS) is 10.6. The van der Waals surface area contributed by atoms with Crippen LogP contribution < -0.4 is 0 Å². The fourth-order valence-electron chi connectivity index (χ4n) is 0.753. The third-order valence-electron chi connectivity index (χ3n) is 1.37. The van der Waals surface area contributed by atoms with Gasteiger partial charge in [0.05, 0.1) is 5.69 Å². The summed E-state index contributed by atoms with van der Waals surface area (Å²) in [4.78, 5) is 0. The highest BCUT2D eigenvalue weighted by molar-refractivity contribution is 5.37. The number of hydrogen-bond acceptors (Lipinski definition) is 2. The van der Waals surface area contributed by atoms with Gasteiger partial charge in [-0.2, -0.15) is 0 Å². The zero-order chi connectivity index (χ0) is 8.97. The second-order valence-electron chi connectivity index (χ2n) is 2.87. The van der Waals surface area contributed by atoms with Gasteiger partial charge in [-0.3, -0.25) is 5.01 Å². The lowest BCUT2D eigenvalue weighted by Crippen LogP contribution is -1.98. The molecule has 12 heavy (non-hydrogen) atoms. The molecular formula is C9H13N3. The Kier molecular flexibility index (Phi) is 2.80. The molecule has 1 aromatic carbocycles. The van der Waals surface area contributed by atoms with Gasteiger partial charge in [0.25, 0.3) is 0 Å². The summed E-state index contributed by atoms with van der Waals surface area (Å²) in [6.07, 6.45) is 0. The smallest absolute Gasteiger partial charge is 0.0874 e. The molecule has 0 amide bonds. The molecule has 64 valence electrons. The lowest BCUT2D eigenvalue weighted by Gasteiger charge is -2.00. The van der Waals surface area contributed by atoms with Crippen molar-refractivity contribution in [3.63, 3.8) is 0 Å². The van der Waals surface area contributed by atoms with Gasteiger partial charge in [0.1, 0.15) is 0 Å². The van der Waals surface area contributed by atoms with Crippen LogP contribution in [0.2, 0.25) is 0 Å². The quantitative estimate of drug-likeness (QED) is 0.486. The summed E-state index contributed by atoms with van der Waals surface area (Å²) >= 11 is 0. The maximum absolute atomic E-state index is 4.00. The van der Waals surface area contributed by atoms with Crippen LogP contribution in [-0.2, 0) is 0 Å². The number of rotatable bonds is 2. The molecule has 1 rings (SSSR count). The van der Waals surface area contributed by atoms with E-state index in [0.717, 1.165) is 5.69 Å². The molecular weight excluding hydrogens is 150 g/mol. The summed E-state index contributed by atoms with van der Waals surface area (Å²) in [5.41, 5.74) is 2.12. The van der Waals surface area contributed by atoms with Crippen LogP contribution in [0.1, 0.15) is 5.56 Å².